The van der Waals surface area contributed by atoms with Gasteiger partial charge >= 0.3 is 5.97 Å². The number of carboxylic acid groups (broad SMARTS) is 1. The highest BCUT2D eigenvalue weighted by molar-refractivity contribution is 6.08. The van der Waals surface area contributed by atoms with Crippen molar-refractivity contribution in [3.63, 3.8) is 0 Å². The molecule has 0 bridgehead atoms. The number of carbonyl (C=O) groups is 1. The highest BCUT2D eigenvalue weighted by Crippen LogP contribution is 2.30. The van der Waals surface area contributed by atoms with Gasteiger partial charge in [0.15, 0.2) is 11.5 Å². The van der Waals surface area contributed by atoms with E-state index in [1.54, 1.807) is 13.0 Å². The third-order valence-electron chi connectivity index (χ3n) is 2.62. The first-order valence-corrected chi connectivity index (χ1v) is 4.98. The number of carboxylic acids is 1. The fraction of sp³-hybridized carbons (Fsp3) is 0.0909. The molecule has 0 radical (unpaired) electrons. The molecule has 0 amide bonds. The number of aromatic amines is 1. The molecule has 3 aromatic rings. The molecule has 0 saturated heterocycles. The molecule has 6 nitrogen and oxygen atoms in total. The summed E-state index contributed by atoms with van der Waals surface area (Å²) in [5.74, 6) is -0.533. The molecule has 0 spiro atoms. The molecule has 0 unspecified atom stereocenters. The third-order valence-corrected chi connectivity index (χ3v) is 2.62. The van der Waals surface area contributed by atoms with Gasteiger partial charge in [-0.3, -0.25) is 0 Å². The first kappa shape index (κ1) is 9.71. The minimum atomic E-state index is -1.02. The normalized spacial score (nSPS) is 11.4. The minimum absolute atomic E-state index is 0.0981. The van der Waals surface area contributed by atoms with Gasteiger partial charge in [0.25, 0.3) is 0 Å². The van der Waals surface area contributed by atoms with Gasteiger partial charge in [0, 0.05) is 12.3 Å². The molecule has 0 aliphatic heterocycles. The Balaban J connectivity index is 2.49. The molecule has 2 heterocycles. The number of nitrogens with two attached hydrogens (primary N) is 1. The van der Waals surface area contributed by atoms with Crippen LogP contribution in [0.25, 0.3) is 22.0 Å². The molecule has 17 heavy (non-hydrogen) atoms. The van der Waals surface area contributed by atoms with Crippen LogP contribution < -0.4 is 5.73 Å². The van der Waals surface area contributed by atoms with Crippen LogP contribution in [0.4, 0.5) is 5.69 Å². The van der Waals surface area contributed by atoms with E-state index < -0.39 is 5.97 Å². The largest absolute Gasteiger partial charge is 0.477 e. The van der Waals surface area contributed by atoms with E-state index in [1.807, 2.05) is 0 Å². The molecule has 0 fully saturated rings. The number of H-pyrrole nitrogens is 1. The van der Waals surface area contributed by atoms with E-state index in [0.717, 1.165) is 0 Å². The predicted octanol–water partition coefficient (Wildman–Crippen LogP) is 1.90. The smallest absolute Gasteiger partial charge is 0.352 e. The number of anilines is 1. The maximum atomic E-state index is 10.9. The molecule has 0 saturated carbocycles. The SMILES string of the molecule is Cc1nc2c(N)cc3cc(C(=O)O)[nH]c3c2o1. The zero-order chi connectivity index (χ0) is 12.2. The Kier molecular flexibility index (Phi) is 1.72. The van der Waals surface area contributed by atoms with Crippen molar-refractivity contribution in [2.24, 2.45) is 0 Å². The van der Waals surface area contributed by atoms with Crippen LogP contribution in [0.2, 0.25) is 0 Å². The molecule has 2 aromatic heterocycles. The zero-order valence-electron chi connectivity index (χ0n) is 8.94. The lowest BCUT2D eigenvalue weighted by Gasteiger charge is -1.94. The Bertz CT molecular complexity index is 754. The second-order valence-electron chi connectivity index (χ2n) is 3.83. The molecule has 0 aliphatic carbocycles. The van der Waals surface area contributed by atoms with Gasteiger partial charge in [0.05, 0.1) is 11.2 Å². The number of hydrogen-bond acceptors (Lipinski definition) is 4. The summed E-state index contributed by atoms with van der Waals surface area (Å²) in [4.78, 5) is 17.8. The van der Waals surface area contributed by atoms with Crippen molar-refractivity contribution in [2.45, 2.75) is 6.92 Å². The summed E-state index contributed by atoms with van der Waals surface area (Å²) in [6, 6.07) is 3.20. The topological polar surface area (TPSA) is 105 Å². The Hall–Kier alpha value is -2.50. The number of benzene rings is 1. The van der Waals surface area contributed by atoms with Crippen molar-refractivity contribution < 1.29 is 14.3 Å². The molecule has 1 aromatic carbocycles. The summed E-state index contributed by atoms with van der Waals surface area (Å²) in [7, 11) is 0. The van der Waals surface area contributed by atoms with E-state index in [2.05, 4.69) is 9.97 Å². The van der Waals surface area contributed by atoms with Crippen LogP contribution >= 0.6 is 0 Å². The number of nitrogens with one attached hydrogen (secondary N) is 1. The van der Waals surface area contributed by atoms with Crippen molar-refractivity contribution in [1.29, 1.82) is 0 Å². The standard InChI is InChI=1S/C11H9N3O3/c1-4-13-9-6(12)2-5-3-7(11(15)16)14-8(5)10(9)17-4/h2-3,14H,12H2,1H3,(H,15,16). The number of oxazole rings is 1. The molecular formula is C11H9N3O3. The van der Waals surface area contributed by atoms with Crippen molar-refractivity contribution in [3.8, 4) is 0 Å². The minimum Gasteiger partial charge on any atom is -0.477 e. The van der Waals surface area contributed by atoms with Gasteiger partial charge in [-0.15, -0.1) is 0 Å². The molecule has 0 aliphatic rings. The van der Waals surface area contributed by atoms with Crippen LogP contribution in [0.5, 0.6) is 0 Å². The lowest BCUT2D eigenvalue weighted by molar-refractivity contribution is 0.0691. The summed E-state index contributed by atoms with van der Waals surface area (Å²) in [5, 5.41) is 9.62. The summed E-state index contributed by atoms with van der Waals surface area (Å²) in [5.41, 5.74) is 8.05. The molecule has 4 N–H and O–H groups in total. The Morgan fingerprint density at radius 3 is 3.00 bits per heavy atom. The molecular weight excluding hydrogens is 222 g/mol. The molecule has 3 rings (SSSR count). The van der Waals surface area contributed by atoms with E-state index in [9.17, 15) is 4.79 Å². The zero-order valence-corrected chi connectivity index (χ0v) is 8.94. The lowest BCUT2D eigenvalue weighted by atomic mass is 10.2. The van der Waals surface area contributed by atoms with E-state index >= 15 is 0 Å². The predicted molar refractivity (Wildman–Crippen MR) is 62.0 cm³/mol. The van der Waals surface area contributed by atoms with Gasteiger partial charge in [0.2, 0.25) is 0 Å². The third kappa shape index (κ3) is 1.27. The number of hydrogen-bond donors (Lipinski definition) is 3. The second-order valence-corrected chi connectivity index (χ2v) is 3.83. The van der Waals surface area contributed by atoms with Gasteiger partial charge in [0.1, 0.15) is 11.2 Å². The van der Waals surface area contributed by atoms with Crippen molar-refractivity contribution in [2.75, 3.05) is 5.73 Å². The second kappa shape index (κ2) is 3.00. The van der Waals surface area contributed by atoms with Crippen LogP contribution in [0.15, 0.2) is 16.5 Å². The van der Waals surface area contributed by atoms with Crippen molar-refractivity contribution in [1.82, 2.24) is 9.97 Å². The maximum absolute atomic E-state index is 10.9. The van der Waals surface area contributed by atoms with Crippen LogP contribution in [-0.4, -0.2) is 21.0 Å². The number of nitrogen functional groups attached to an aromatic ring is 1. The summed E-state index contributed by atoms with van der Waals surface area (Å²) in [6.45, 7) is 1.71. The van der Waals surface area contributed by atoms with Crippen LogP contribution in [0, 0.1) is 6.92 Å². The van der Waals surface area contributed by atoms with Crippen LogP contribution in [-0.2, 0) is 0 Å². The number of rotatable bonds is 1. The van der Waals surface area contributed by atoms with Gasteiger partial charge in [-0.2, -0.15) is 0 Å². The lowest BCUT2D eigenvalue weighted by Crippen LogP contribution is -1.94. The number of aromatic carboxylic acids is 1. The highest BCUT2D eigenvalue weighted by atomic mass is 16.4. The number of nitrogens with zero attached hydrogens (tertiary/aromatic N) is 1. The van der Waals surface area contributed by atoms with E-state index in [4.69, 9.17) is 15.3 Å². The maximum Gasteiger partial charge on any atom is 0.352 e. The molecule has 86 valence electrons. The summed E-state index contributed by atoms with van der Waals surface area (Å²) in [6.07, 6.45) is 0. The summed E-state index contributed by atoms with van der Waals surface area (Å²) < 4.78 is 5.44. The number of aryl methyl sites for hydroxylation is 1. The fourth-order valence-electron chi connectivity index (χ4n) is 1.92. The van der Waals surface area contributed by atoms with Gasteiger partial charge in [-0.05, 0) is 12.1 Å². The van der Waals surface area contributed by atoms with Gasteiger partial charge < -0.3 is 20.2 Å². The van der Waals surface area contributed by atoms with E-state index in [1.165, 1.54) is 6.07 Å². The number of aromatic nitrogens is 2. The molecule has 6 heteroatoms. The van der Waals surface area contributed by atoms with E-state index in [0.29, 0.717) is 33.6 Å². The monoisotopic (exact) mass is 231 g/mol. The van der Waals surface area contributed by atoms with Crippen LogP contribution in [0.1, 0.15) is 16.4 Å². The first-order valence-electron chi connectivity index (χ1n) is 4.98. The summed E-state index contributed by atoms with van der Waals surface area (Å²) >= 11 is 0. The van der Waals surface area contributed by atoms with Crippen molar-refractivity contribution in [3.05, 3.63) is 23.7 Å². The average Bonchev–Trinajstić information content (AvgIpc) is 2.80. The van der Waals surface area contributed by atoms with Crippen molar-refractivity contribution >= 4 is 33.7 Å². The van der Waals surface area contributed by atoms with Gasteiger partial charge in [-0.1, -0.05) is 0 Å². The Morgan fingerprint density at radius 2 is 2.29 bits per heavy atom. The van der Waals surface area contributed by atoms with E-state index in [-0.39, 0.29) is 5.69 Å². The Labute approximate surface area is 95.0 Å². The fourth-order valence-corrected chi connectivity index (χ4v) is 1.92. The Morgan fingerprint density at radius 1 is 1.53 bits per heavy atom. The van der Waals surface area contributed by atoms with Crippen LogP contribution in [0.3, 0.4) is 0 Å². The molecule has 0 atom stereocenters. The van der Waals surface area contributed by atoms with Gasteiger partial charge in [-0.25, -0.2) is 9.78 Å². The number of fused-ring (bicyclic) bond motifs is 3. The average molecular weight is 231 g/mol. The highest BCUT2D eigenvalue weighted by Gasteiger charge is 2.15. The quantitative estimate of drug-likeness (QED) is 0.554. The first-order chi connectivity index (χ1) is 8.06.